The second-order valence-electron chi connectivity index (χ2n) is 33.6. The van der Waals surface area contributed by atoms with Gasteiger partial charge in [-0.05, 0) is 255 Å². The highest BCUT2D eigenvalue weighted by Crippen LogP contribution is 2.81. The molecule has 0 bridgehead atoms. The van der Waals surface area contributed by atoms with E-state index in [9.17, 15) is 19.8 Å². The normalized spacial score (nSPS) is 52.6. The number of benzene rings is 1. The second-order valence-corrected chi connectivity index (χ2v) is 33.6. The Labute approximate surface area is 471 Å². The molecule has 0 aliphatic heterocycles. The molecule has 2 N–H and O–H groups in total. The van der Waals surface area contributed by atoms with E-state index in [1.54, 1.807) is 24.3 Å². The van der Waals surface area contributed by atoms with Crippen molar-refractivity contribution in [3.63, 3.8) is 0 Å². The van der Waals surface area contributed by atoms with E-state index in [2.05, 4.69) is 111 Å². The van der Waals surface area contributed by atoms with Gasteiger partial charge < -0.3 is 19.7 Å². The maximum absolute atomic E-state index is 15.6. The zero-order valence-electron chi connectivity index (χ0n) is 51.7. The SMILES string of the molecule is C[C@@H]1[C@H]2[C@H]3CC[C@@H]4[C@]5(C)[C@@H](CC[C@@]4(C)[C@]3(C)CC[C@@]2(C)CC[C@H]1C)C(C)(C)CCC5(OC(=O)c1ccccc1C(=O)OC1(C(=O)O)CCC(C)(C)[C@@H]2CC[C@]3(C)[C@H](CC[C@@H]4[C@@H]5[C@@H](C)[C@H](C)CC[C@]5(C)CC[C@]43C)[C@]21C)C(=O)O. The van der Waals surface area contributed by atoms with Crippen LogP contribution in [0.4, 0.5) is 0 Å². The molecule has 8 heteroatoms. The first-order chi connectivity index (χ1) is 36.2. The van der Waals surface area contributed by atoms with Gasteiger partial charge in [0.2, 0.25) is 11.2 Å². The maximum Gasteiger partial charge on any atom is 0.348 e. The van der Waals surface area contributed by atoms with Crippen LogP contribution in [0.5, 0.6) is 0 Å². The molecular weight excluding hydrogens is 969 g/mol. The number of ether oxygens (including phenoxy) is 2. The van der Waals surface area contributed by atoms with Gasteiger partial charge in [0.1, 0.15) is 0 Å². The first kappa shape index (κ1) is 56.9. The minimum absolute atomic E-state index is 0.00697. The van der Waals surface area contributed by atoms with Crippen molar-refractivity contribution in [1.82, 2.24) is 0 Å². The Hall–Kier alpha value is -2.90. The zero-order valence-corrected chi connectivity index (χ0v) is 51.7. The maximum atomic E-state index is 15.6. The quantitative estimate of drug-likeness (QED) is 0.270. The number of carboxylic acid groups (broad SMARTS) is 2. The van der Waals surface area contributed by atoms with E-state index in [1.165, 1.54) is 38.5 Å². The predicted octanol–water partition coefficient (Wildman–Crippen LogP) is 17.2. The highest BCUT2D eigenvalue weighted by atomic mass is 16.6. The van der Waals surface area contributed by atoms with E-state index in [1.807, 2.05) is 0 Å². The zero-order chi connectivity index (χ0) is 56.8. The third-order valence-electron chi connectivity index (χ3n) is 30.8. The van der Waals surface area contributed by atoms with E-state index >= 15 is 9.59 Å². The van der Waals surface area contributed by atoms with E-state index < -0.39 is 45.9 Å². The van der Waals surface area contributed by atoms with Crippen LogP contribution in [-0.2, 0) is 19.1 Å². The van der Waals surface area contributed by atoms with E-state index in [-0.39, 0.29) is 80.1 Å². The summed E-state index contributed by atoms with van der Waals surface area (Å²) in [6.45, 7) is 38.9. The minimum Gasteiger partial charge on any atom is -0.478 e. The molecule has 78 heavy (non-hydrogen) atoms. The molecule has 22 atom stereocenters. The van der Waals surface area contributed by atoms with E-state index in [0.717, 1.165) is 64.2 Å². The summed E-state index contributed by atoms with van der Waals surface area (Å²) < 4.78 is 13.8. The number of carboxylic acids is 2. The fraction of sp³-hybridized carbons (Fsp3) is 0.857. The monoisotopic (exact) mass is 1070 g/mol. The Morgan fingerprint density at radius 2 is 0.769 bits per heavy atom. The Morgan fingerprint density at radius 3 is 1.12 bits per heavy atom. The summed E-state index contributed by atoms with van der Waals surface area (Å²) in [5.41, 5.74) is -5.82. The molecule has 0 radical (unpaired) electrons. The Balaban J connectivity index is 0.942. The summed E-state index contributed by atoms with van der Waals surface area (Å²) in [4.78, 5) is 60.5. The fourth-order valence-electron chi connectivity index (χ4n) is 25.6. The first-order valence-electron chi connectivity index (χ1n) is 32.2. The molecule has 11 rings (SSSR count). The smallest absolute Gasteiger partial charge is 0.348 e. The lowest BCUT2D eigenvalue weighted by atomic mass is 9.30. The van der Waals surface area contributed by atoms with Crippen molar-refractivity contribution in [2.75, 3.05) is 0 Å². The topological polar surface area (TPSA) is 127 Å². The summed E-state index contributed by atoms with van der Waals surface area (Å²) >= 11 is 0. The van der Waals surface area contributed by atoms with E-state index in [4.69, 9.17) is 9.47 Å². The van der Waals surface area contributed by atoms with Crippen LogP contribution in [0, 0.1) is 125 Å². The highest BCUT2D eigenvalue weighted by Gasteiger charge is 2.79. The van der Waals surface area contributed by atoms with Crippen LogP contribution in [0.3, 0.4) is 0 Å². The standard InChI is InChI=1S/C70H106O8/c1-41-25-29-61(9)35-37-63(11)47(53(61)43(41)3)21-23-51-65(63,13)31-27-49-59(5,6)33-39-69(57(73)74,67(49,51)15)77-55(71)45-19-17-18-20-46(45)56(72)78-70(58(75)76)40-34-60(7,8)50-28-32-66(14)52(68(50,70)16)24-22-48-54-44(4)42(2)26-30-62(54,10)36-38-64(48,66)12/h17-20,41-44,47-54H,21-40H2,1-16H3,(H,73,74)(H,75,76)/t41-,42-,43+,44+,47-,48-,49+,50+,51+,52+,53+,54+,61-,62-,63-,64-,65-,66-,67+,68+,69?,70?/m1/s1. The van der Waals surface area contributed by atoms with Gasteiger partial charge in [0.05, 0.1) is 11.1 Å². The number of hydrogen-bond donors (Lipinski definition) is 2. The van der Waals surface area contributed by atoms with Gasteiger partial charge in [-0.25, -0.2) is 19.2 Å². The van der Waals surface area contributed by atoms with Crippen LogP contribution in [-0.4, -0.2) is 45.3 Å². The van der Waals surface area contributed by atoms with Crippen molar-refractivity contribution >= 4 is 23.9 Å². The van der Waals surface area contributed by atoms with Crippen LogP contribution in [0.25, 0.3) is 0 Å². The van der Waals surface area contributed by atoms with Crippen molar-refractivity contribution < 1.29 is 38.9 Å². The lowest BCUT2D eigenvalue weighted by Crippen LogP contribution is -2.74. The van der Waals surface area contributed by atoms with Crippen LogP contribution < -0.4 is 0 Å². The number of carbonyl (C=O) groups is 4. The molecule has 10 saturated carbocycles. The van der Waals surface area contributed by atoms with Crippen molar-refractivity contribution in [2.24, 2.45) is 125 Å². The fourth-order valence-corrected chi connectivity index (χ4v) is 25.6. The number of esters is 2. The largest absolute Gasteiger partial charge is 0.478 e. The third kappa shape index (κ3) is 7.05. The minimum atomic E-state index is -1.86. The summed E-state index contributed by atoms with van der Waals surface area (Å²) in [6, 6.07) is 6.52. The van der Waals surface area contributed by atoms with Gasteiger partial charge in [-0.15, -0.1) is 0 Å². The number of fused-ring (bicyclic) bond motifs is 14. The second kappa shape index (κ2) is 17.8. The summed E-state index contributed by atoms with van der Waals surface area (Å²) in [6.07, 6.45) is 19.0. The molecule has 0 saturated heterocycles. The van der Waals surface area contributed by atoms with Crippen molar-refractivity contribution in [3.8, 4) is 0 Å². The molecule has 10 aliphatic rings. The number of aliphatic carboxylic acids is 2. The molecule has 0 aromatic heterocycles. The average Bonchev–Trinajstić information content (AvgIpc) is 2.76. The Bertz CT molecular complexity index is 2440. The summed E-state index contributed by atoms with van der Waals surface area (Å²) in [5, 5.41) is 24.0. The van der Waals surface area contributed by atoms with Gasteiger partial charge in [-0.3, -0.25) is 0 Å². The van der Waals surface area contributed by atoms with Crippen LogP contribution in [0.1, 0.15) is 260 Å². The Kier molecular flexibility index (Phi) is 13.0. The molecule has 10 aliphatic carbocycles. The van der Waals surface area contributed by atoms with Gasteiger partial charge in [0.25, 0.3) is 0 Å². The van der Waals surface area contributed by atoms with Crippen molar-refractivity contribution in [2.45, 2.75) is 250 Å². The van der Waals surface area contributed by atoms with Gasteiger partial charge >= 0.3 is 23.9 Å². The van der Waals surface area contributed by atoms with Gasteiger partial charge in [0, 0.05) is 10.8 Å². The van der Waals surface area contributed by atoms with Crippen molar-refractivity contribution in [1.29, 1.82) is 0 Å². The number of rotatable bonds is 6. The van der Waals surface area contributed by atoms with Crippen molar-refractivity contribution in [3.05, 3.63) is 35.4 Å². The molecule has 0 amide bonds. The molecule has 0 heterocycles. The molecule has 0 spiro atoms. The molecule has 8 nitrogen and oxygen atoms in total. The lowest BCUT2D eigenvalue weighted by Gasteiger charge is -2.75. The molecule has 434 valence electrons. The average molecular weight is 1080 g/mol. The van der Waals surface area contributed by atoms with Gasteiger partial charge in [0.15, 0.2) is 0 Å². The van der Waals surface area contributed by atoms with Crippen LogP contribution in [0.15, 0.2) is 24.3 Å². The Morgan fingerprint density at radius 1 is 0.410 bits per heavy atom. The predicted molar refractivity (Wildman–Crippen MR) is 307 cm³/mol. The number of hydrogen-bond acceptors (Lipinski definition) is 6. The number of carbonyl (C=O) groups excluding carboxylic acids is 2. The summed E-state index contributed by atoms with van der Waals surface area (Å²) in [5.74, 6) is 0.988. The van der Waals surface area contributed by atoms with Gasteiger partial charge in [-0.2, -0.15) is 0 Å². The first-order valence-corrected chi connectivity index (χ1v) is 32.2. The molecular formula is C70H106O8. The van der Waals surface area contributed by atoms with Crippen LogP contribution >= 0.6 is 0 Å². The van der Waals surface area contributed by atoms with Gasteiger partial charge in [-0.1, -0.05) is 123 Å². The third-order valence-corrected chi connectivity index (χ3v) is 30.8. The van der Waals surface area contributed by atoms with Crippen LogP contribution in [0.2, 0.25) is 0 Å². The molecule has 1 aromatic rings. The lowest BCUT2D eigenvalue weighted by molar-refractivity contribution is -0.290. The molecule has 2 unspecified atom stereocenters. The molecule has 1 aromatic carbocycles. The highest BCUT2D eigenvalue weighted by molar-refractivity contribution is 6.05. The van der Waals surface area contributed by atoms with E-state index in [0.29, 0.717) is 71.0 Å². The molecule has 10 fully saturated rings. The summed E-state index contributed by atoms with van der Waals surface area (Å²) in [7, 11) is 0.